The van der Waals surface area contributed by atoms with Crippen LogP contribution in [0, 0.1) is 0 Å². The number of aromatic nitrogens is 1. The molecule has 1 N–H and O–H groups in total. The highest BCUT2D eigenvalue weighted by atomic mass is 32.2. The second-order valence-electron chi connectivity index (χ2n) is 6.82. The number of thiazole rings is 1. The molecular formula is C20H17F3N2O3S2. The average Bonchev–Trinajstić information content (AvgIpc) is 3.20. The van der Waals surface area contributed by atoms with E-state index in [9.17, 15) is 21.6 Å². The molecule has 4 rings (SSSR count). The van der Waals surface area contributed by atoms with Crippen molar-refractivity contribution in [3.63, 3.8) is 0 Å². The molecule has 0 fully saturated rings. The number of sulfonamides is 1. The summed E-state index contributed by atoms with van der Waals surface area (Å²) in [4.78, 5) is 4.06. The summed E-state index contributed by atoms with van der Waals surface area (Å²) in [7, 11) is -3.76. The van der Waals surface area contributed by atoms with Gasteiger partial charge >= 0.3 is 6.18 Å². The molecule has 1 aromatic heterocycles. The number of aryl methyl sites for hydroxylation is 1. The Labute approximate surface area is 175 Å². The lowest BCUT2D eigenvalue weighted by molar-refractivity contribution is -0.137. The van der Waals surface area contributed by atoms with E-state index >= 15 is 0 Å². The minimum Gasteiger partial charge on any atom is -0.486 e. The van der Waals surface area contributed by atoms with Crippen LogP contribution in [0.5, 0.6) is 5.75 Å². The second kappa shape index (κ2) is 7.92. The summed E-state index contributed by atoms with van der Waals surface area (Å²) >= 11 is 1.19. The Morgan fingerprint density at radius 2 is 1.90 bits per heavy atom. The van der Waals surface area contributed by atoms with Crippen LogP contribution in [0.2, 0.25) is 0 Å². The van der Waals surface area contributed by atoms with E-state index in [0.29, 0.717) is 18.6 Å². The van der Waals surface area contributed by atoms with Gasteiger partial charge in [0.25, 0.3) is 10.0 Å². The Morgan fingerprint density at radius 3 is 2.57 bits per heavy atom. The third kappa shape index (κ3) is 4.44. The van der Waals surface area contributed by atoms with Crippen LogP contribution in [0.4, 0.5) is 18.3 Å². The van der Waals surface area contributed by atoms with Crippen LogP contribution in [0.15, 0.2) is 58.9 Å². The maximum atomic E-state index is 12.7. The van der Waals surface area contributed by atoms with Gasteiger partial charge in [-0.05, 0) is 66.8 Å². The Hall–Kier alpha value is -2.59. The standard InChI is InChI=1S/C20H17F3N2O3S2/c21-20(22,23)14-4-6-15(7-5-14)28-18-3-1-2-13-12-16(8-9-17(13)18)30(26,27)25-19-24-10-11-29-19/h4-12,18H,1-3H2,(H,24,25). The summed E-state index contributed by atoms with van der Waals surface area (Å²) in [6.45, 7) is 0. The molecule has 1 unspecified atom stereocenters. The lowest BCUT2D eigenvalue weighted by Crippen LogP contribution is -2.18. The van der Waals surface area contributed by atoms with Crippen molar-refractivity contribution in [1.29, 1.82) is 0 Å². The number of hydrogen-bond acceptors (Lipinski definition) is 5. The number of ether oxygens (including phenoxy) is 1. The van der Waals surface area contributed by atoms with Crippen molar-refractivity contribution in [3.8, 4) is 5.75 Å². The smallest absolute Gasteiger partial charge is 0.416 e. The highest BCUT2D eigenvalue weighted by Crippen LogP contribution is 2.36. The number of halogens is 3. The molecule has 30 heavy (non-hydrogen) atoms. The van der Waals surface area contributed by atoms with Crippen LogP contribution in [-0.4, -0.2) is 13.4 Å². The summed E-state index contributed by atoms with van der Waals surface area (Å²) in [5.74, 6) is 0.336. The zero-order valence-corrected chi connectivity index (χ0v) is 17.2. The van der Waals surface area contributed by atoms with Crippen LogP contribution < -0.4 is 9.46 Å². The van der Waals surface area contributed by atoms with Crippen LogP contribution in [0.25, 0.3) is 0 Å². The summed E-state index contributed by atoms with van der Waals surface area (Å²) in [5, 5.41) is 1.96. The van der Waals surface area contributed by atoms with Crippen LogP contribution in [-0.2, 0) is 22.6 Å². The summed E-state index contributed by atoms with van der Waals surface area (Å²) in [5.41, 5.74) is 0.955. The quantitative estimate of drug-likeness (QED) is 0.559. The monoisotopic (exact) mass is 454 g/mol. The first kappa shape index (κ1) is 20.7. The first-order chi connectivity index (χ1) is 14.2. The van der Waals surface area contributed by atoms with Gasteiger partial charge in [0.1, 0.15) is 11.9 Å². The van der Waals surface area contributed by atoms with E-state index in [2.05, 4.69) is 9.71 Å². The van der Waals surface area contributed by atoms with Gasteiger partial charge in [-0.25, -0.2) is 13.4 Å². The van der Waals surface area contributed by atoms with E-state index in [4.69, 9.17) is 4.74 Å². The van der Waals surface area contributed by atoms with Gasteiger partial charge in [0.2, 0.25) is 0 Å². The van der Waals surface area contributed by atoms with Gasteiger partial charge in [-0.1, -0.05) is 6.07 Å². The number of nitrogens with one attached hydrogen (secondary N) is 1. The van der Waals surface area contributed by atoms with Gasteiger partial charge in [-0.2, -0.15) is 13.2 Å². The topological polar surface area (TPSA) is 68.3 Å². The van der Waals surface area contributed by atoms with E-state index in [0.717, 1.165) is 29.7 Å². The fourth-order valence-electron chi connectivity index (χ4n) is 3.37. The van der Waals surface area contributed by atoms with Crippen molar-refractivity contribution in [1.82, 2.24) is 4.98 Å². The molecule has 2 aromatic carbocycles. The van der Waals surface area contributed by atoms with E-state index in [1.165, 1.54) is 35.7 Å². The Balaban J connectivity index is 1.55. The van der Waals surface area contributed by atoms with Crippen molar-refractivity contribution in [2.45, 2.75) is 36.4 Å². The van der Waals surface area contributed by atoms with Gasteiger partial charge in [-0.15, -0.1) is 11.3 Å². The maximum absolute atomic E-state index is 12.7. The van der Waals surface area contributed by atoms with Crippen molar-refractivity contribution in [2.24, 2.45) is 0 Å². The van der Waals surface area contributed by atoms with Crippen LogP contribution in [0.1, 0.15) is 35.6 Å². The summed E-state index contributed by atoms with van der Waals surface area (Å²) in [6, 6.07) is 9.40. The predicted octanol–water partition coefficient (Wildman–Crippen LogP) is 5.42. The van der Waals surface area contributed by atoms with Gasteiger partial charge in [0.05, 0.1) is 10.5 Å². The molecule has 0 saturated heterocycles. The molecule has 0 spiro atoms. The molecule has 0 bridgehead atoms. The molecule has 0 amide bonds. The molecular weight excluding hydrogens is 437 g/mol. The summed E-state index contributed by atoms with van der Waals surface area (Å²) < 4.78 is 71.8. The molecule has 1 heterocycles. The lowest BCUT2D eigenvalue weighted by Gasteiger charge is -2.27. The maximum Gasteiger partial charge on any atom is 0.416 e. The molecule has 0 aliphatic heterocycles. The van der Waals surface area contributed by atoms with Gasteiger partial charge in [0, 0.05) is 11.6 Å². The number of rotatable bonds is 5. The van der Waals surface area contributed by atoms with E-state index in [1.54, 1.807) is 17.5 Å². The SMILES string of the molecule is O=S(=O)(Nc1nccs1)c1ccc2c(c1)CCCC2Oc1ccc(C(F)(F)F)cc1. The van der Waals surface area contributed by atoms with E-state index in [-0.39, 0.29) is 16.1 Å². The molecule has 0 radical (unpaired) electrons. The highest BCUT2D eigenvalue weighted by Gasteiger charge is 2.30. The van der Waals surface area contributed by atoms with Crippen molar-refractivity contribution < 1.29 is 26.3 Å². The molecule has 5 nitrogen and oxygen atoms in total. The number of fused-ring (bicyclic) bond motifs is 1. The van der Waals surface area contributed by atoms with Gasteiger partial charge in [-0.3, -0.25) is 4.72 Å². The normalized spacial score (nSPS) is 16.7. The minimum atomic E-state index is -4.40. The fraction of sp³-hybridized carbons (Fsp3) is 0.250. The highest BCUT2D eigenvalue weighted by molar-refractivity contribution is 7.93. The number of hydrogen-bond donors (Lipinski definition) is 1. The third-order valence-electron chi connectivity index (χ3n) is 4.80. The number of nitrogens with zero attached hydrogens (tertiary/aromatic N) is 1. The van der Waals surface area contributed by atoms with Gasteiger partial charge in [0.15, 0.2) is 5.13 Å². The Bertz CT molecular complexity index is 1130. The molecule has 158 valence electrons. The molecule has 3 aromatic rings. The lowest BCUT2D eigenvalue weighted by atomic mass is 9.89. The first-order valence-corrected chi connectivity index (χ1v) is 11.5. The minimum absolute atomic E-state index is 0.131. The second-order valence-corrected chi connectivity index (χ2v) is 9.40. The molecule has 1 aliphatic carbocycles. The van der Waals surface area contributed by atoms with Crippen molar-refractivity contribution in [2.75, 3.05) is 4.72 Å². The average molecular weight is 454 g/mol. The molecule has 1 aliphatic rings. The number of alkyl halides is 3. The van der Waals surface area contributed by atoms with Crippen molar-refractivity contribution in [3.05, 3.63) is 70.7 Å². The van der Waals surface area contributed by atoms with Crippen molar-refractivity contribution >= 4 is 26.5 Å². The number of anilines is 1. The first-order valence-electron chi connectivity index (χ1n) is 9.11. The molecule has 1 atom stereocenters. The Kier molecular flexibility index (Phi) is 5.46. The zero-order chi connectivity index (χ0) is 21.4. The van der Waals surface area contributed by atoms with Crippen LogP contribution in [0.3, 0.4) is 0 Å². The zero-order valence-electron chi connectivity index (χ0n) is 15.5. The number of benzene rings is 2. The molecule has 0 saturated carbocycles. The third-order valence-corrected chi connectivity index (χ3v) is 6.95. The van der Waals surface area contributed by atoms with Crippen LogP contribution >= 0.6 is 11.3 Å². The van der Waals surface area contributed by atoms with E-state index < -0.39 is 21.8 Å². The van der Waals surface area contributed by atoms with Gasteiger partial charge < -0.3 is 4.74 Å². The Morgan fingerprint density at radius 1 is 1.13 bits per heavy atom. The van der Waals surface area contributed by atoms with E-state index in [1.807, 2.05) is 0 Å². The largest absolute Gasteiger partial charge is 0.486 e. The fourth-order valence-corrected chi connectivity index (χ4v) is 5.21. The predicted molar refractivity (Wildman–Crippen MR) is 107 cm³/mol. The molecule has 10 heteroatoms. The summed E-state index contributed by atoms with van der Waals surface area (Å²) in [6.07, 6.45) is -1.07.